The summed E-state index contributed by atoms with van der Waals surface area (Å²) in [6, 6.07) is -3.97. The Morgan fingerprint density at radius 2 is 1.11 bits per heavy atom. The molecule has 12 amide bonds. The summed E-state index contributed by atoms with van der Waals surface area (Å²) >= 11 is 1.10. The third kappa shape index (κ3) is 28.5. The molecule has 0 spiro atoms. The number of aromatic amines is 3. The Morgan fingerprint density at radius 3 is 1.64 bits per heavy atom. The van der Waals surface area contributed by atoms with Crippen LogP contribution in [0, 0.1) is 17.8 Å². The number of H-pyrrole nitrogens is 3. The molecule has 13 atom stereocenters. The highest BCUT2D eigenvalue weighted by Crippen LogP contribution is 2.23. The van der Waals surface area contributed by atoms with Crippen LogP contribution in [0.15, 0.2) is 73.4 Å². The first-order valence-corrected chi connectivity index (χ1v) is 38.6. The second-order valence-corrected chi connectivity index (χ2v) is 31.7. The van der Waals surface area contributed by atoms with Gasteiger partial charge in [0.1, 0.15) is 60.4 Å². The van der Waals surface area contributed by atoms with Gasteiger partial charge in [-0.15, -0.1) is 0 Å². The van der Waals surface area contributed by atoms with Crippen LogP contribution in [-0.2, 0) is 91.2 Å². The lowest BCUT2D eigenvalue weighted by molar-refractivity contribution is -0.140. The highest BCUT2D eigenvalue weighted by Gasteiger charge is 2.39. The Hall–Kier alpha value is -10.7. The number of hydrogen-bond donors (Lipinski definition) is 19. The number of ketones is 1. The number of thioether (sulfide) groups is 1. The van der Waals surface area contributed by atoms with Crippen LogP contribution in [-0.4, -0.2) is 220 Å². The van der Waals surface area contributed by atoms with Crippen LogP contribution in [0.25, 0.3) is 21.8 Å². The number of carboxylic acid groups (broad SMARTS) is 2. The van der Waals surface area contributed by atoms with Crippen molar-refractivity contribution in [1.82, 2.24) is 83.7 Å². The molecule has 1 fully saturated rings. The van der Waals surface area contributed by atoms with Crippen molar-refractivity contribution in [2.45, 2.75) is 237 Å². The lowest BCUT2D eigenvalue weighted by Crippen LogP contribution is -2.61. The number of aliphatic hydroxyl groups excluding tert-OH is 1. The molecule has 1 saturated heterocycles. The third-order valence-electron chi connectivity index (χ3n) is 18.5. The van der Waals surface area contributed by atoms with E-state index < -0.39 is 211 Å². The number of primary amides is 1. The summed E-state index contributed by atoms with van der Waals surface area (Å²) in [5.74, 6) is -16.2. The van der Waals surface area contributed by atoms with Crippen LogP contribution in [0.1, 0.15) is 151 Å². The monoisotopic (exact) mass is 1580 g/mol. The number of amides is 12. The van der Waals surface area contributed by atoms with Crippen molar-refractivity contribution in [3.63, 3.8) is 0 Å². The van der Waals surface area contributed by atoms with E-state index in [1.165, 1.54) is 26.4 Å². The summed E-state index contributed by atoms with van der Waals surface area (Å²) in [6.07, 6.45) is 0.168. The molecule has 0 radical (unpaired) electrons. The Labute approximate surface area is 652 Å². The molecule has 4 heterocycles. The van der Waals surface area contributed by atoms with Gasteiger partial charge in [0.05, 0.1) is 30.9 Å². The van der Waals surface area contributed by atoms with Crippen molar-refractivity contribution in [2.24, 2.45) is 23.5 Å². The van der Waals surface area contributed by atoms with Crippen molar-refractivity contribution in [1.29, 1.82) is 0 Å². The Kier molecular flexibility index (Phi) is 34.3. The standard InChI is InChI=1S/C76H109N17O18S/c1-38(2)28-53-59(95)21-22-60(96)83-50(20-23-61(97)98)68(104)88-54(29-39(3)4)73(109)91-63(40(5)6)75(111)90-56(31-44-35-80-49-19-15-13-17-47(44)49)70(106)84-52(69(105)92-64(42(8)94)65(77)101)25-27-112-26-24-51(85-74(110)58(33-62(99)100)93-76(9,10)11)67(103)82-41(7)66(102)87-55(30-43-34-79-48-18-14-12-16-46(43)48)71(107)89-57(72(108)86-53)32-45-36-78-37-81-45/h12-19,34-42,50-58,63-64,79-80,93-94H,20-33H2,1-11H3,(H2,77,101)(H,78,81)(H,82,103)(H,83,96)(H,84,106)(H,85,110)(H,86,108)(H,87,102)(H,88,104)(H,89,107)(H,90,111)(H,91,109)(H,92,105)(H,97,98)(H,99,100)/t41-,42+,50-,51-,52-,53-,54-,55-,56-,57-,58-,63-,64-/m0/s1. The number of aliphatic carboxylic acids is 2. The number of carboxylic acids is 2. The van der Waals surface area contributed by atoms with Crippen LogP contribution >= 0.6 is 11.8 Å². The molecule has 35 nitrogen and oxygen atoms in total. The van der Waals surface area contributed by atoms with Gasteiger partial charge in [-0.3, -0.25) is 71.9 Å². The van der Waals surface area contributed by atoms with Gasteiger partial charge in [0.2, 0.25) is 70.9 Å². The quantitative estimate of drug-likeness (QED) is 0.0419. The minimum atomic E-state index is -1.68. The number of carbonyl (C=O) groups excluding carboxylic acids is 13. The molecule has 612 valence electrons. The van der Waals surface area contributed by atoms with Crippen LogP contribution in [0.2, 0.25) is 0 Å². The maximum absolute atomic E-state index is 15.1. The smallest absolute Gasteiger partial charge is 0.305 e. The molecule has 0 bridgehead atoms. The molecular formula is C76H109N17O18S. The van der Waals surface area contributed by atoms with Gasteiger partial charge in [-0.05, 0) is 119 Å². The average molecular weight is 1580 g/mol. The SMILES string of the molecule is CC(C)C[C@@H]1NC(=O)[C@H](Cc2cnc[nH]2)NC(=O)[C@H](Cc2c[nH]c3ccccc23)NC(=O)[C@H](C)NC(=O)[C@@H](NC(=O)[C@H](CC(=O)O)NC(C)(C)C)CCSCC[C@@H](C(=O)N[C@H](C(N)=O)[C@@H](C)O)NC(=O)[C@H](Cc2c[nH]c3ccccc23)NC(=O)[C@H](C(C)C)NC(=O)[C@H](CC(C)C)NC(=O)[C@H](CCC(=O)O)NC(=O)CCC1=O. The predicted molar refractivity (Wildman–Crippen MR) is 414 cm³/mol. The summed E-state index contributed by atoms with van der Waals surface area (Å²) in [6.45, 7) is 17.8. The number of nitrogens with one attached hydrogen (secondary N) is 15. The van der Waals surface area contributed by atoms with Crippen LogP contribution in [0.3, 0.4) is 0 Å². The molecule has 2 aromatic carbocycles. The summed E-state index contributed by atoms with van der Waals surface area (Å²) in [5.41, 5.74) is 7.50. The zero-order valence-corrected chi connectivity index (χ0v) is 65.8. The maximum atomic E-state index is 15.1. The molecule has 1 aliphatic heterocycles. The van der Waals surface area contributed by atoms with E-state index in [9.17, 15) is 77.6 Å². The van der Waals surface area contributed by atoms with Gasteiger partial charge in [-0.25, -0.2) is 4.98 Å². The number of Topliss-reactive ketones (excluding diaryl/α,β-unsaturated/α-hetero) is 1. The predicted octanol–water partition coefficient (Wildman–Crippen LogP) is 0.340. The molecule has 1 aliphatic rings. The fourth-order valence-corrected chi connectivity index (χ4v) is 13.7. The molecule has 20 N–H and O–H groups in total. The Morgan fingerprint density at radius 1 is 0.589 bits per heavy atom. The van der Waals surface area contributed by atoms with E-state index >= 15 is 9.59 Å². The van der Waals surface area contributed by atoms with E-state index in [2.05, 4.69) is 83.7 Å². The number of carbonyl (C=O) groups is 15. The van der Waals surface area contributed by atoms with Crippen molar-refractivity contribution < 1.29 is 87.2 Å². The largest absolute Gasteiger partial charge is 0.481 e. The summed E-state index contributed by atoms with van der Waals surface area (Å²) in [4.78, 5) is 225. The summed E-state index contributed by atoms with van der Waals surface area (Å²) < 4.78 is 0. The number of hydrogen-bond acceptors (Lipinski definition) is 19. The molecule has 6 rings (SSSR count). The summed E-state index contributed by atoms with van der Waals surface area (Å²) in [5, 5.41) is 63.7. The number of para-hydroxylation sites is 2. The van der Waals surface area contributed by atoms with Crippen molar-refractivity contribution in [3.05, 3.63) is 90.3 Å². The molecule has 0 saturated carbocycles. The fraction of sp³-hybridized carbons (Fsp3) is 0.553. The lowest BCUT2D eigenvalue weighted by atomic mass is 9.96. The maximum Gasteiger partial charge on any atom is 0.305 e. The first kappa shape index (κ1) is 90.1. The van der Waals surface area contributed by atoms with Gasteiger partial charge >= 0.3 is 11.9 Å². The van der Waals surface area contributed by atoms with E-state index in [-0.39, 0.29) is 68.3 Å². The zero-order chi connectivity index (χ0) is 82.8. The van der Waals surface area contributed by atoms with Gasteiger partial charge in [0.25, 0.3) is 0 Å². The number of aromatic nitrogens is 4. The first-order chi connectivity index (χ1) is 52.8. The van der Waals surface area contributed by atoms with Gasteiger partial charge in [-0.2, -0.15) is 11.8 Å². The van der Waals surface area contributed by atoms with Crippen LogP contribution in [0.5, 0.6) is 0 Å². The fourth-order valence-electron chi connectivity index (χ4n) is 12.7. The number of nitrogens with two attached hydrogens (primary N) is 1. The number of fused-ring (bicyclic) bond motifs is 2. The topological polar surface area (TPSA) is 547 Å². The van der Waals surface area contributed by atoms with Crippen molar-refractivity contribution in [2.75, 3.05) is 11.5 Å². The Balaban J connectivity index is 1.44. The van der Waals surface area contributed by atoms with E-state index in [0.29, 0.717) is 38.6 Å². The zero-order valence-electron chi connectivity index (χ0n) is 65.0. The van der Waals surface area contributed by atoms with Crippen LogP contribution < -0.4 is 69.5 Å². The van der Waals surface area contributed by atoms with Crippen molar-refractivity contribution in [3.8, 4) is 0 Å². The number of imidazole rings is 1. The average Bonchev–Trinajstić information content (AvgIpc) is 1.79. The van der Waals surface area contributed by atoms with Crippen molar-refractivity contribution >= 4 is 122 Å². The normalized spacial score (nSPS) is 23.1. The molecule has 0 aliphatic carbocycles. The number of rotatable bonds is 23. The number of nitrogens with zero attached hydrogens (tertiary/aromatic N) is 1. The third-order valence-corrected chi connectivity index (χ3v) is 19.5. The van der Waals surface area contributed by atoms with Gasteiger partial charge < -0.3 is 99.8 Å². The van der Waals surface area contributed by atoms with Gasteiger partial charge in [0.15, 0.2) is 5.78 Å². The molecule has 3 aromatic heterocycles. The molecule has 36 heteroatoms. The molecule has 0 unspecified atom stereocenters. The number of benzene rings is 2. The Bertz CT molecular complexity index is 4130. The molecule has 5 aromatic rings. The minimum absolute atomic E-state index is 0.0247. The first-order valence-electron chi connectivity index (χ1n) is 37.5. The van der Waals surface area contributed by atoms with Crippen LogP contribution in [0.4, 0.5) is 0 Å². The summed E-state index contributed by atoms with van der Waals surface area (Å²) in [7, 11) is 0. The number of aliphatic hydroxyl groups is 1. The van der Waals surface area contributed by atoms with E-state index in [0.717, 1.165) is 11.8 Å². The van der Waals surface area contributed by atoms with E-state index in [4.69, 9.17) is 5.73 Å². The van der Waals surface area contributed by atoms with Gasteiger partial charge in [0, 0.05) is 90.2 Å². The molecular weight excluding hydrogens is 1470 g/mol. The second kappa shape index (κ2) is 42.6. The van der Waals surface area contributed by atoms with E-state index in [1.807, 2.05) is 0 Å². The van der Waals surface area contributed by atoms with E-state index in [1.54, 1.807) is 123 Å². The second-order valence-electron chi connectivity index (χ2n) is 30.4. The lowest BCUT2D eigenvalue weighted by Gasteiger charge is -2.29. The van der Waals surface area contributed by atoms with Gasteiger partial charge in [-0.1, -0.05) is 77.9 Å². The molecule has 112 heavy (non-hydrogen) atoms. The minimum Gasteiger partial charge on any atom is -0.481 e. The highest BCUT2D eigenvalue weighted by atomic mass is 32.2. The highest BCUT2D eigenvalue weighted by molar-refractivity contribution is 7.99.